The lowest BCUT2D eigenvalue weighted by Gasteiger charge is -2.47. The maximum atomic E-state index is 14.2. The highest BCUT2D eigenvalue weighted by atomic mass is 16.7. The molecular formula is C36H64N4O10. The van der Waals surface area contributed by atoms with Crippen LogP contribution >= 0.6 is 0 Å². The van der Waals surface area contributed by atoms with E-state index in [0.29, 0.717) is 32.4 Å². The molecule has 3 heterocycles. The number of carbonyl (C=O) groups excluding carboxylic acids is 4. The number of cyclic esters (lactones) is 1. The van der Waals surface area contributed by atoms with E-state index in [1.165, 1.54) is 11.8 Å². The smallest absolute Gasteiger partial charge is 0.316 e. The van der Waals surface area contributed by atoms with Gasteiger partial charge in [-0.3, -0.25) is 19.2 Å². The van der Waals surface area contributed by atoms with Crippen LogP contribution < -0.4 is 10.6 Å². The molecule has 0 radical (unpaired) electrons. The van der Waals surface area contributed by atoms with Gasteiger partial charge in [-0.05, 0) is 73.5 Å². The van der Waals surface area contributed by atoms with Gasteiger partial charge in [-0.1, -0.05) is 20.8 Å². The predicted octanol–water partition coefficient (Wildman–Crippen LogP) is 1.36. The number of methoxy groups -OCH3 is 1. The van der Waals surface area contributed by atoms with Crippen molar-refractivity contribution >= 4 is 23.6 Å². The molecule has 3 aliphatic heterocycles. The number of hydrogen-bond donors (Lipinski definition) is 3. The summed E-state index contributed by atoms with van der Waals surface area (Å²) in [5.41, 5.74) is -2.13. The van der Waals surface area contributed by atoms with E-state index in [1.54, 1.807) is 28.1 Å². The van der Waals surface area contributed by atoms with E-state index in [4.69, 9.17) is 23.7 Å². The molecule has 50 heavy (non-hydrogen) atoms. The van der Waals surface area contributed by atoms with Gasteiger partial charge < -0.3 is 49.2 Å². The first-order valence-electron chi connectivity index (χ1n) is 18.1. The van der Waals surface area contributed by atoms with Gasteiger partial charge >= 0.3 is 11.9 Å². The molecule has 1 amide bonds. The van der Waals surface area contributed by atoms with Crippen molar-refractivity contribution in [2.45, 2.75) is 128 Å². The van der Waals surface area contributed by atoms with Crippen molar-refractivity contribution in [3.8, 4) is 0 Å². The number of aliphatic hydroxyl groups excluding tert-OH is 1. The van der Waals surface area contributed by atoms with Gasteiger partial charge in [-0.15, -0.1) is 0 Å². The number of Topliss-reactive ketones (excluding diaryl/α,β-unsaturated/α-hetero) is 1. The minimum Gasteiger partial charge on any atom is -0.458 e. The average Bonchev–Trinajstić information content (AvgIpc) is 3.38. The number of likely N-dealkylation sites (N-methyl/N-ethyl adjacent to an activating group) is 2. The van der Waals surface area contributed by atoms with Crippen LogP contribution in [0, 0.1) is 23.7 Å². The van der Waals surface area contributed by atoms with E-state index in [9.17, 15) is 24.3 Å². The van der Waals surface area contributed by atoms with Crippen molar-refractivity contribution in [2.75, 3.05) is 54.9 Å². The van der Waals surface area contributed by atoms with Gasteiger partial charge in [0.25, 0.3) is 0 Å². The molecule has 0 aromatic rings. The second-order valence-corrected chi connectivity index (χ2v) is 15.6. The van der Waals surface area contributed by atoms with E-state index in [-0.39, 0.29) is 48.8 Å². The Kier molecular flexibility index (Phi) is 14.8. The van der Waals surface area contributed by atoms with E-state index >= 15 is 0 Å². The lowest BCUT2D eigenvalue weighted by atomic mass is 9.78. The van der Waals surface area contributed by atoms with Gasteiger partial charge in [0.2, 0.25) is 5.91 Å². The standard InChI is InChI=1S/C36H64N4O10/c1-13-27-36(7)25(15-29(42)50-36)23(5)38-17-20(2)16-35(6,46-12)32(21(3)30(43)22(4)33(45)48-27)49-34-31(44)26(39(8)9)14-24(47-34)18-37-19-28(41)40(10)11/h20-27,31-32,34,37-38,44H,13-19H2,1-12H3/t20-,21+,22?,23-,24?,25-,26?,27-,31?,32-,34?,35-,36+/m1/s1. The minimum absolute atomic E-state index is 0.0143. The Bertz CT molecular complexity index is 1190. The largest absolute Gasteiger partial charge is 0.458 e. The quantitative estimate of drug-likeness (QED) is 0.232. The number of hydrogen-bond acceptors (Lipinski definition) is 13. The number of nitrogens with one attached hydrogen (secondary N) is 2. The zero-order valence-electron chi connectivity index (χ0n) is 32.3. The van der Waals surface area contributed by atoms with Crippen LogP contribution in [0.4, 0.5) is 0 Å². The van der Waals surface area contributed by atoms with Crippen molar-refractivity contribution in [3.05, 3.63) is 0 Å². The molecule has 5 unspecified atom stereocenters. The molecule has 3 aliphatic rings. The summed E-state index contributed by atoms with van der Waals surface area (Å²) < 4.78 is 31.1. The third kappa shape index (κ3) is 9.61. The predicted molar refractivity (Wildman–Crippen MR) is 186 cm³/mol. The maximum absolute atomic E-state index is 14.2. The maximum Gasteiger partial charge on any atom is 0.316 e. The highest BCUT2D eigenvalue weighted by Gasteiger charge is 2.55. The summed E-state index contributed by atoms with van der Waals surface area (Å²) in [4.78, 5) is 56.1. The fourth-order valence-corrected chi connectivity index (χ4v) is 7.95. The van der Waals surface area contributed by atoms with E-state index in [2.05, 4.69) is 17.6 Å². The molecule has 3 fully saturated rings. The fraction of sp³-hybridized carbons (Fsp3) is 0.889. The molecule has 13 atom stereocenters. The summed E-state index contributed by atoms with van der Waals surface area (Å²) in [6.45, 7) is 13.9. The van der Waals surface area contributed by atoms with Crippen molar-refractivity contribution in [1.29, 1.82) is 0 Å². The number of ketones is 1. The third-order valence-corrected chi connectivity index (χ3v) is 11.2. The van der Waals surface area contributed by atoms with Gasteiger partial charge in [-0.25, -0.2) is 0 Å². The van der Waals surface area contributed by atoms with Gasteiger partial charge in [0.15, 0.2) is 17.7 Å². The Hall–Kier alpha value is -2.20. The van der Waals surface area contributed by atoms with Crippen LogP contribution in [0.15, 0.2) is 0 Å². The Labute approximate surface area is 298 Å². The van der Waals surface area contributed by atoms with Crippen molar-refractivity contribution in [2.24, 2.45) is 23.7 Å². The molecule has 0 spiro atoms. The van der Waals surface area contributed by atoms with Crippen LogP contribution in [-0.4, -0.2) is 147 Å². The number of amides is 1. The molecule has 14 nitrogen and oxygen atoms in total. The van der Waals surface area contributed by atoms with E-state index in [1.807, 2.05) is 46.7 Å². The first kappa shape index (κ1) is 42.2. The molecule has 0 bridgehead atoms. The number of nitrogens with zero attached hydrogens (tertiary/aromatic N) is 2. The van der Waals surface area contributed by atoms with Gasteiger partial charge in [0, 0.05) is 51.7 Å². The Morgan fingerprint density at radius 1 is 1.10 bits per heavy atom. The topological polar surface area (TPSA) is 165 Å². The van der Waals surface area contributed by atoms with Crippen molar-refractivity contribution in [1.82, 2.24) is 20.4 Å². The van der Waals surface area contributed by atoms with Gasteiger partial charge in [0.05, 0.1) is 30.8 Å². The van der Waals surface area contributed by atoms with Crippen LogP contribution in [0.1, 0.15) is 74.1 Å². The minimum atomic E-state index is -1.17. The summed E-state index contributed by atoms with van der Waals surface area (Å²) in [6, 6.07) is -0.496. The number of aliphatic hydroxyl groups is 1. The molecule has 0 aromatic heterocycles. The first-order chi connectivity index (χ1) is 23.3. The molecule has 3 N–H and O–H groups in total. The highest BCUT2D eigenvalue weighted by molar-refractivity contribution is 6.00. The molecule has 3 saturated heterocycles. The van der Waals surface area contributed by atoms with Gasteiger partial charge in [-0.2, -0.15) is 0 Å². The lowest BCUT2D eigenvalue weighted by molar-refractivity contribution is -0.297. The lowest BCUT2D eigenvalue weighted by Crippen LogP contribution is -2.60. The van der Waals surface area contributed by atoms with Crippen molar-refractivity contribution < 1.29 is 48.0 Å². The van der Waals surface area contributed by atoms with Crippen molar-refractivity contribution in [3.63, 3.8) is 0 Å². The van der Waals surface area contributed by atoms with E-state index < -0.39 is 65.5 Å². The normalized spacial score (nSPS) is 40.8. The summed E-state index contributed by atoms with van der Waals surface area (Å²) in [5, 5.41) is 18.3. The third-order valence-electron chi connectivity index (χ3n) is 11.2. The highest BCUT2D eigenvalue weighted by Crippen LogP contribution is 2.42. The number of fused-ring (bicyclic) bond motifs is 1. The van der Waals surface area contributed by atoms with Crippen LogP contribution in [0.25, 0.3) is 0 Å². The fourth-order valence-electron chi connectivity index (χ4n) is 7.95. The Morgan fingerprint density at radius 3 is 2.34 bits per heavy atom. The van der Waals surface area contributed by atoms with E-state index in [0.717, 1.165) is 0 Å². The second kappa shape index (κ2) is 17.5. The summed E-state index contributed by atoms with van der Waals surface area (Å²) in [6.07, 6.45) is -2.80. The van der Waals surface area contributed by atoms with Crippen LogP contribution in [0.2, 0.25) is 0 Å². The monoisotopic (exact) mass is 712 g/mol. The zero-order valence-corrected chi connectivity index (χ0v) is 32.3. The Morgan fingerprint density at radius 2 is 1.76 bits per heavy atom. The Balaban J connectivity index is 1.98. The first-order valence-corrected chi connectivity index (χ1v) is 18.1. The molecule has 0 aliphatic carbocycles. The average molecular weight is 713 g/mol. The zero-order chi connectivity index (χ0) is 37.7. The summed E-state index contributed by atoms with van der Waals surface area (Å²) >= 11 is 0. The summed E-state index contributed by atoms with van der Waals surface area (Å²) in [7, 11) is 8.68. The SMILES string of the molecule is CC[C@H]1OC(=O)C(C)C(=O)[C@H](C)[C@@H](OC2OC(CNCC(=O)N(C)C)CC(N(C)C)C2O)[C@](C)(OC)C[C@@H](C)CN[C@H](C)[C@H]2CC(=O)O[C@@]21C. The molecule has 288 valence electrons. The second-order valence-electron chi connectivity index (χ2n) is 15.6. The summed E-state index contributed by atoms with van der Waals surface area (Å²) in [5.74, 6) is -3.84. The number of esters is 2. The molecule has 0 saturated carbocycles. The number of carbonyl (C=O) groups is 4. The van der Waals surface area contributed by atoms with Crippen LogP contribution in [-0.2, 0) is 42.9 Å². The van der Waals surface area contributed by atoms with Gasteiger partial charge in [0.1, 0.15) is 18.1 Å². The van der Waals surface area contributed by atoms with Crippen LogP contribution in [0.5, 0.6) is 0 Å². The molecule has 14 heteroatoms. The molecule has 3 rings (SSSR count). The number of ether oxygens (including phenoxy) is 5. The van der Waals surface area contributed by atoms with Crippen LogP contribution in [0.3, 0.4) is 0 Å². The molecule has 0 aromatic carbocycles. The molecular weight excluding hydrogens is 648 g/mol. The number of rotatable bonds is 9.